The maximum atomic E-state index is 11.4. The molecule has 3 N–H and O–H groups in total. The molecule has 0 radical (unpaired) electrons. The van der Waals surface area contributed by atoms with Crippen molar-refractivity contribution in [3.63, 3.8) is 0 Å². The van der Waals surface area contributed by atoms with Gasteiger partial charge in [-0.25, -0.2) is 4.79 Å². The van der Waals surface area contributed by atoms with Crippen LogP contribution in [0.2, 0.25) is 0 Å². The van der Waals surface area contributed by atoms with Gasteiger partial charge in [0.05, 0.1) is 19.1 Å². The van der Waals surface area contributed by atoms with Gasteiger partial charge in [0.15, 0.2) is 0 Å². The summed E-state index contributed by atoms with van der Waals surface area (Å²) >= 11 is 0. The Kier molecular flexibility index (Phi) is 3.31. The largest absolute Gasteiger partial charge is 0.480 e. The Bertz CT molecular complexity index is 271. The fraction of sp³-hybridized carbons (Fsp3) is 0.778. The van der Waals surface area contributed by atoms with E-state index in [0.717, 1.165) is 0 Å². The molecule has 1 heterocycles. The molecule has 1 atom stereocenters. The van der Waals surface area contributed by atoms with Crippen molar-refractivity contribution in [3.05, 3.63) is 0 Å². The highest BCUT2D eigenvalue weighted by atomic mass is 16.5. The SMILES string of the molecule is CC(N)C(=O)N1CC(C)(OCC(=O)O)C1. The molecule has 0 bridgehead atoms. The average molecular weight is 216 g/mol. The molecule has 1 saturated heterocycles. The molecule has 1 unspecified atom stereocenters. The van der Waals surface area contributed by atoms with Gasteiger partial charge in [-0.2, -0.15) is 0 Å². The standard InChI is InChI=1S/C9H16N2O4/c1-6(10)8(14)11-4-9(2,5-11)15-3-7(12)13/h6H,3-5,10H2,1-2H3,(H,12,13). The first-order valence-corrected chi connectivity index (χ1v) is 4.74. The fourth-order valence-corrected chi connectivity index (χ4v) is 1.53. The summed E-state index contributed by atoms with van der Waals surface area (Å²) in [5.41, 5.74) is 4.89. The minimum Gasteiger partial charge on any atom is -0.480 e. The summed E-state index contributed by atoms with van der Waals surface area (Å²) in [5, 5.41) is 8.43. The molecule has 1 rings (SSSR count). The number of amides is 1. The van der Waals surface area contributed by atoms with Crippen molar-refractivity contribution in [2.75, 3.05) is 19.7 Å². The first kappa shape index (κ1) is 11.9. The van der Waals surface area contributed by atoms with Gasteiger partial charge in [0.25, 0.3) is 0 Å². The van der Waals surface area contributed by atoms with E-state index in [1.54, 1.807) is 18.7 Å². The van der Waals surface area contributed by atoms with Gasteiger partial charge < -0.3 is 20.5 Å². The molecule has 0 spiro atoms. The Morgan fingerprint density at radius 3 is 2.53 bits per heavy atom. The summed E-state index contributed by atoms with van der Waals surface area (Å²) in [6.45, 7) is 3.87. The number of nitrogens with zero attached hydrogens (tertiary/aromatic N) is 1. The highest BCUT2D eigenvalue weighted by Gasteiger charge is 2.43. The van der Waals surface area contributed by atoms with E-state index in [9.17, 15) is 9.59 Å². The van der Waals surface area contributed by atoms with Crippen molar-refractivity contribution in [2.45, 2.75) is 25.5 Å². The Hall–Kier alpha value is -1.14. The summed E-state index contributed by atoms with van der Waals surface area (Å²) in [7, 11) is 0. The van der Waals surface area contributed by atoms with Crippen LogP contribution in [0.3, 0.4) is 0 Å². The molecule has 0 saturated carbocycles. The molecular formula is C9H16N2O4. The number of hydrogen-bond acceptors (Lipinski definition) is 4. The van der Waals surface area contributed by atoms with Crippen LogP contribution < -0.4 is 5.73 Å². The number of nitrogens with two attached hydrogens (primary N) is 1. The number of carbonyl (C=O) groups excluding carboxylic acids is 1. The number of likely N-dealkylation sites (tertiary alicyclic amines) is 1. The minimum atomic E-state index is -1.01. The van der Waals surface area contributed by atoms with E-state index in [2.05, 4.69) is 0 Å². The fourth-order valence-electron chi connectivity index (χ4n) is 1.53. The van der Waals surface area contributed by atoms with Gasteiger partial charge in [-0.1, -0.05) is 0 Å². The number of carboxylic acids is 1. The van der Waals surface area contributed by atoms with E-state index < -0.39 is 17.6 Å². The summed E-state index contributed by atoms with van der Waals surface area (Å²) < 4.78 is 5.15. The van der Waals surface area contributed by atoms with Crippen LogP contribution >= 0.6 is 0 Å². The summed E-state index contributed by atoms with van der Waals surface area (Å²) in [6.07, 6.45) is 0. The van der Waals surface area contributed by atoms with Crippen LogP contribution in [0.15, 0.2) is 0 Å². The van der Waals surface area contributed by atoms with Gasteiger partial charge in [-0.15, -0.1) is 0 Å². The molecule has 0 aliphatic carbocycles. The van der Waals surface area contributed by atoms with Gasteiger partial charge in [0, 0.05) is 0 Å². The van der Waals surface area contributed by atoms with E-state index in [1.807, 2.05) is 0 Å². The molecule has 1 aliphatic heterocycles. The van der Waals surface area contributed by atoms with E-state index >= 15 is 0 Å². The Morgan fingerprint density at radius 1 is 1.60 bits per heavy atom. The third kappa shape index (κ3) is 2.90. The topological polar surface area (TPSA) is 92.9 Å². The van der Waals surface area contributed by atoms with Gasteiger partial charge in [0.1, 0.15) is 12.2 Å². The van der Waals surface area contributed by atoms with Crippen LogP contribution in [-0.4, -0.2) is 53.2 Å². The van der Waals surface area contributed by atoms with Crippen molar-refractivity contribution in [3.8, 4) is 0 Å². The molecular weight excluding hydrogens is 200 g/mol. The molecule has 1 aliphatic rings. The van der Waals surface area contributed by atoms with Gasteiger partial charge in [0.2, 0.25) is 5.91 Å². The van der Waals surface area contributed by atoms with Gasteiger partial charge >= 0.3 is 5.97 Å². The van der Waals surface area contributed by atoms with Crippen LogP contribution in [0.1, 0.15) is 13.8 Å². The van der Waals surface area contributed by atoms with E-state index in [4.69, 9.17) is 15.6 Å². The Balaban J connectivity index is 2.34. The molecule has 15 heavy (non-hydrogen) atoms. The zero-order valence-electron chi connectivity index (χ0n) is 8.90. The molecule has 1 fully saturated rings. The number of ether oxygens (including phenoxy) is 1. The maximum Gasteiger partial charge on any atom is 0.329 e. The van der Waals surface area contributed by atoms with Crippen molar-refractivity contribution in [1.82, 2.24) is 4.90 Å². The normalized spacial score (nSPS) is 20.6. The summed E-state index contributed by atoms with van der Waals surface area (Å²) in [4.78, 5) is 23.2. The monoisotopic (exact) mass is 216 g/mol. The second-order valence-electron chi connectivity index (χ2n) is 4.12. The average Bonchev–Trinajstić information content (AvgIpc) is 2.08. The Labute approximate surface area is 88.0 Å². The van der Waals surface area contributed by atoms with Crippen LogP contribution in [0.4, 0.5) is 0 Å². The van der Waals surface area contributed by atoms with Crippen LogP contribution in [0, 0.1) is 0 Å². The van der Waals surface area contributed by atoms with Gasteiger partial charge in [-0.3, -0.25) is 4.79 Å². The third-order valence-corrected chi connectivity index (χ3v) is 2.30. The lowest BCUT2D eigenvalue weighted by Crippen LogP contribution is -2.65. The zero-order chi connectivity index (χ0) is 11.6. The summed E-state index contributed by atoms with van der Waals surface area (Å²) in [5.74, 6) is -1.14. The molecule has 0 aromatic rings. The smallest absolute Gasteiger partial charge is 0.329 e. The molecule has 1 amide bonds. The summed E-state index contributed by atoms with van der Waals surface area (Å²) in [6, 6.07) is -0.519. The number of rotatable bonds is 4. The van der Waals surface area contributed by atoms with Crippen LogP contribution in [0.5, 0.6) is 0 Å². The molecule has 86 valence electrons. The lowest BCUT2D eigenvalue weighted by molar-refractivity contribution is -0.173. The molecule has 6 nitrogen and oxygen atoms in total. The van der Waals surface area contributed by atoms with Crippen molar-refractivity contribution in [1.29, 1.82) is 0 Å². The van der Waals surface area contributed by atoms with E-state index in [0.29, 0.717) is 13.1 Å². The highest BCUT2D eigenvalue weighted by Crippen LogP contribution is 2.24. The van der Waals surface area contributed by atoms with E-state index in [1.165, 1.54) is 0 Å². The highest BCUT2D eigenvalue weighted by molar-refractivity contribution is 5.82. The predicted octanol–water partition coefficient (Wildman–Crippen LogP) is -0.964. The molecule has 6 heteroatoms. The second-order valence-corrected chi connectivity index (χ2v) is 4.12. The van der Waals surface area contributed by atoms with E-state index in [-0.39, 0.29) is 12.5 Å². The maximum absolute atomic E-state index is 11.4. The lowest BCUT2D eigenvalue weighted by atomic mass is 9.95. The number of hydrogen-bond donors (Lipinski definition) is 2. The van der Waals surface area contributed by atoms with Crippen LogP contribution in [0.25, 0.3) is 0 Å². The van der Waals surface area contributed by atoms with Gasteiger partial charge in [-0.05, 0) is 13.8 Å². The van der Waals surface area contributed by atoms with Crippen LogP contribution in [-0.2, 0) is 14.3 Å². The molecule has 0 aromatic heterocycles. The third-order valence-electron chi connectivity index (χ3n) is 2.30. The van der Waals surface area contributed by atoms with Crippen molar-refractivity contribution in [2.24, 2.45) is 5.73 Å². The number of carboxylic acid groups (broad SMARTS) is 1. The first-order valence-electron chi connectivity index (χ1n) is 4.74. The van der Waals surface area contributed by atoms with Crippen molar-refractivity contribution >= 4 is 11.9 Å². The molecule has 0 aromatic carbocycles. The first-order chi connectivity index (χ1) is 6.84. The zero-order valence-corrected chi connectivity index (χ0v) is 8.90. The lowest BCUT2D eigenvalue weighted by Gasteiger charge is -2.47. The van der Waals surface area contributed by atoms with Crippen molar-refractivity contribution < 1.29 is 19.4 Å². The minimum absolute atomic E-state index is 0.133. The Morgan fingerprint density at radius 2 is 2.13 bits per heavy atom. The second kappa shape index (κ2) is 4.16. The predicted molar refractivity (Wildman–Crippen MR) is 52.2 cm³/mol. The number of aliphatic carboxylic acids is 1. The quantitative estimate of drug-likeness (QED) is 0.631. The number of carbonyl (C=O) groups is 2.